The molecule has 0 unspecified atom stereocenters. The number of rotatable bonds is 10. The summed E-state index contributed by atoms with van der Waals surface area (Å²) in [4.78, 5) is 29.9. The van der Waals surface area contributed by atoms with Gasteiger partial charge in [0.15, 0.2) is 18.1 Å². The van der Waals surface area contributed by atoms with Crippen LogP contribution >= 0.6 is 0 Å². The number of benzene rings is 1. The van der Waals surface area contributed by atoms with Crippen molar-refractivity contribution in [3.63, 3.8) is 0 Å². The highest BCUT2D eigenvalue weighted by atomic mass is 16.5. The third-order valence-electron chi connectivity index (χ3n) is 3.79. The van der Waals surface area contributed by atoms with Crippen molar-refractivity contribution in [2.45, 2.75) is 19.9 Å². The maximum atomic E-state index is 12.7. The second-order valence-electron chi connectivity index (χ2n) is 5.67. The summed E-state index contributed by atoms with van der Waals surface area (Å²) >= 11 is 0. The highest BCUT2D eigenvalue weighted by molar-refractivity contribution is 5.78. The summed E-state index contributed by atoms with van der Waals surface area (Å²) in [6.45, 7) is 2.51. The van der Waals surface area contributed by atoms with E-state index in [4.69, 9.17) is 14.2 Å². The smallest absolute Gasteiger partial charge is 0.307 e. The number of para-hydroxylation sites is 2. The first kappa shape index (κ1) is 20.2. The molecule has 2 rings (SSSR count). The summed E-state index contributed by atoms with van der Waals surface area (Å²) in [5, 5.41) is 0. The van der Waals surface area contributed by atoms with Crippen LogP contribution in [0.25, 0.3) is 0 Å². The predicted octanol–water partition coefficient (Wildman–Crippen LogP) is 2.45. The van der Waals surface area contributed by atoms with E-state index >= 15 is 0 Å². The monoisotopic (exact) mass is 372 g/mol. The van der Waals surface area contributed by atoms with Gasteiger partial charge in [0.2, 0.25) is 0 Å². The van der Waals surface area contributed by atoms with Gasteiger partial charge in [0.25, 0.3) is 5.91 Å². The molecule has 1 amide bonds. The number of amides is 1. The Morgan fingerprint density at radius 3 is 2.44 bits per heavy atom. The lowest BCUT2D eigenvalue weighted by molar-refractivity contribution is -0.144. The van der Waals surface area contributed by atoms with Gasteiger partial charge in [-0.1, -0.05) is 12.1 Å². The Morgan fingerprint density at radius 2 is 1.78 bits per heavy atom. The molecular weight excluding hydrogens is 348 g/mol. The second-order valence-corrected chi connectivity index (χ2v) is 5.67. The number of methoxy groups -OCH3 is 1. The number of ether oxygens (including phenoxy) is 3. The van der Waals surface area contributed by atoms with E-state index < -0.39 is 0 Å². The first-order valence-electron chi connectivity index (χ1n) is 8.72. The van der Waals surface area contributed by atoms with Crippen molar-refractivity contribution in [2.75, 3.05) is 26.9 Å². The van der Waals surface area contributed by atoms with Crippen LogP contribution in [0.3, 0.4) is 0 Å². The van der Waals surface area contributed by atoms with E-state index in [1.54, 1.807) is 49.5 Å². The van der Waals surface area contributed by atoms with Gasteiger partial charge in [-0.3, -0.25) is 14.6 Å². The maximum Gasteiger partial charge on any atom is 0.307 e. The Morgan fingerprint density at radius 1 is 1.07 bits per heavy atom. The molecule has 7 heteroatoms. The number of nitrogens with zero attached hydrogens (tertiary/aromatic N) is 2. The van der Waals surface area contributed by atoms with Crippen LogP contribution in [-0.4, -0.2) is 48.6 Å². The third-order valence-corrected chi connectivity index (χ3v) is 3.79. The number of hydrogen-bond acceptors (Lipinski definition) is 6. The van der Waals surface area contributed by atoms with Crippen LogP contribution in [-0.2, 0) is 20.9 Å². The van der Waals surface area contributed by atoms with Crippen LogP contribution in [0.5, 0.6) is 11.5 Å². The summed E-state index contributed by atoms with van der Waals surface area (Å²) in [5.41, 5.74) is 0.916. The summed E-state index contributed by atoms with van der Waals surface area (Å²) in [6, 6.07) is 10.8. The summed E-state index contributed by atoms with van der Waals surface area (Å²) in [5.74, 6) is 0.470. The fourth-order valence-corrected chi connectivity index (χ4v) is 2.43. The van der Waals surface area contributed by atoms with E-state index in [9.17, 15) is 9.59 Å². The van der Waals surface area contributed by atoms with Crippen molar-refractivity contribution in [3.05, 3.63) is 54.4 Å². The van der Waals surface area contributed by atoms with Gasteiger partial charge in [-0.25, -0.2) is 0 Å². The molecule has 0 saturated carbocycles. The van der Waals surface area contributed by atoms with E-state index in [-0.39, 0.29) is 31.4 Å². The SMILES string of the molecule is CCOC(=O)CCN(Cc1ccncc1)C(=O)COc1ccccc1OC. The first-order valence-corrected chi connectivity index (χ1v) is 8.72. The summed E-state index contributed by atoms with van der Waals surface area (Å²) in [6.07, 6.45) is 3.45. The lowest BCUT2D eigenvalue weighted by atomic mass is 10.2. The van der Waals surface area contributed by atoms with Gasteiger partial charge in [-0.2, -0.15) is 0 Å². The second kappa shape index (κ2) is 10.8. The standard InChI is InChI=1S/C20H24N2O5/c1-3-26-20(24)10-13-22(14-16-8-11-21-12-9-16)19(23)15-27-18-7-5-4-6-17(18)25-2/h4-9,11-12H,3,10,13-15H2,1-2H3. The molecular formula is C20H24N2O5. The van der Waals surface area contributed by atoms with Crippen molar-refractivity contribution in [1.82, 2.24) is 9.88 Å². The van der Waals surface area contributed by atoms with E-state index in [0.717, 1.165) is 5.56 Å². The van der Waals surface area contributed by atoms with Crippen LogP contribution < -0.4 is 9.47 Å². The van der Waals surface area contributed by atoms with Crippen molar-refractivity contribution in [2.24, 2.45) is 0 Å². The van der Waals surface area contributed by atoms with Gasteiger partial charge >= 0.3 is 5.97 Å². The number of esters is 1. The van der Waals surface area contributed by atoms with Crippen molar-refractivity contribution in [3.8, 4) is 11.5 Å². The van der Waals surface area contributed by atoms with Crippen LogP contribution in [0.4, 0.5) is 0 Å². The fraction of sp³-hybridized carbons (Fsp3) is 0.350. The normalized spacial score (nSPS) is 10.1. The molecule has 0 aliphatic rings. The van der Waals surface area contributed by atoms with E-state index in [0.29, 0.717) is 24.7 Å². The topological polar surface area (TPSA) is 78.0 Å². The van der Waals surface area contributed by atoms with Gasteiger partial charge < -0.3 is 19.1 Å². The quantitative estimate of drug-likeness (QED) is 0.596. The molecule has 0 radical (unpaired) electrons. The maximum absolute atomic E-state index is 12.7. The molecule has 0 spiro atoms. The average molecular weight is 372 g/mol. The molecule has 0 saturated heterocycles. The Balaban J connectivity index is 2.01. The van der Waals surface area contributed by atoms with Crippen molar-refractivity contribution >= 4 is 11.9 Å². The summed E-state index contributed by atoms with van der Waals surface area (Å²) < 4.78 is 15.8. The minimum Gasteiger partial charge on any atom is -0.493 e. The van der Waals surface area contributed by atoms with Gasteiger partial charge in [0.05, 0.1) is 20.1 Å². The molecule has 0 bridgehead atoms. The fourth-order valence-electron chi connectivity index (χ4n) is 2.43. The predicted molar refractivity (Wildman–Crippen MR) is 99.4 cm³/mol. The number of pyridine rings is 1. The molecule has 144 valence electrons. The minimum absolute atomic E-state index is 0.124. The molecule has 0 N–H and O–H groups in total. The van der Waals surface area contributed by atoms with Crippen LogP contribution in [0, 0.1) is 0 Å². The lowest BCUT2D eigenvalue weighted by Crippen LogP contribution is -2.36. The molecule has 1 heterocycles. The van der Waals surface area contributed by atoms with Gasteiger partial charge in [0, 0.05) is 25.5 Å². The van der Waals surface area contributed by atoms with Crippen molar-refractivity contribution in [1.29, 1.82) is 0 Å². The Kier molecular flexibility index (Phi) is 8.09. The zero-order chi connectivity index (χ0) is 19.5. The number of carbonyl (C=O) groups excluding carboxylic acids is 2. The molecule has 7 nitrogen and oxygen atoms in total. The molecule has 2 aromatic rings. The zero-order valence-electron chi connectivity index (χ0n) is 15.6. The first-order chi connectivity index (χ1) is 13.1. The molecule has 0 fully saturated rings. The molecule has 0 aliphatic heterocycles. The largest absolute Gasteiger partial charge is 0.493 e. The highest BCUT2D eigenvalue weighted by Gasteiger charge is 2.17. The average Bonchev–Trinajstić information content (AvgIpc) is 2.70. The molecule has 1 aromatic heterocycles. The van der Waals surface area contributed by atoms with E-state index in [2.05, 4.69) is 4.98 Å². The number of aromatic nitrogens is 1. The van der Waals surface area contributed by atoms with Gasteiger partial charge in [-0.15, -0.1) is 0 Å². The Bertz CT molecular complexity index is 736. The molecule has 0 aliphatic carbocycles. The molecule has 1 aromatic carbocycles. The Hall–Kier alpha value is -3.09. The minimum atomic E-state index is -0.337. The highest BCUT2D eigenvalue weighted by Crippen LogP contribution is 2.25. The Labute approximate surface area is 158 Å². The van der Waals surface area contributed by atoms with Crippen LogP contribution in [0.1, 0.15) is 18.9 Å². The molecule has 0 atom stereocenters. The molecule has 27 heavy (non-hydrogen) atoms. The van der Waals surface area contributed by atoms with E-state index in [1.165, 1.54) is 0 Å². The van der Waals surface area contributed by atoms with Crippen LogP contribution in [0.15, 0.2) is 48.8 Å². The van der Waals surface area contributed by atoms with Gasteiger partial charge in [0.1, 0.15) is 0 Å². The van der Waals surface area contributed by atoms with Crippen LogP contribution in [0.2, 0.25) is 0 Å². The van der Waals surface area contributed by atoms with E-state index in [1.807, 2.05) is 18.2 Å². The number of hydrogen-bond donors (Lipinski definition) is 0. The lowest BCUT2D eigenvalue weighted by Gasteiger charge is -2.23. The van der Waals surface area contributed by atoms with Crippen molar-refractivity contribution < 1.29 is 23.8 Å². The van der Waals surface area contributed by atoms with Gasteiger partial charge in [-0.05, 0) is 36.8 Å². The zero-order valence-corrected chi connectivity index (χ0v) is 15.6. The number of carbonyl (C=O) groups is 2. The summed E-state index contributed by atoms with van der Waals surface area (Å²) in [7, 11) is 1.54. The third kappa shape index (κ3) is 6.62.